The molecule has 2 aromatic carbocycles. The fourth-order valence-corrected chi connectivity index (χ4v) is 4.87. The van der Waals surface area contributed by atoms with Crippen LogP contribution in [0.3, 0.4) is 0 Å². The number of hydrogen-bond donors (Lipinski definition) is 3. The van der Waals surface area contributed by atoms with Crippen LogP contribution in [0.1, 0.15) is 27.1 Å². The van der Waals surface area contributed by atoms with Gasteiger partial charge in [-0.1, -0.05) is 21.6 Å². The predicted molar refractivity (Wildman–Crippen MR) is 108 cm³/mol. The molecule has 1 aliphatic heterocycles. The zero-order valence-electron chi connectivity index (χ0n) is 13.9. The maximum Gasteiger partial charge on any atom is 0.366 e. The molecule has 0 radical (unpaired) electrons. The maximum absolute atomic E-state index is 11.9. The summed E-state index contributed by atoms with van der Waals surface area (Å²) in [5, 5.41) is 15.9. The highest BCUT2D eigenvalue weighted by Crippen LogP contribution is 2.44. The first-order valence-electron chi connectivity index (χ1n) is 7.96. The molecule has 0 atom stereocenters. The second-order valence-electron chi connectivity index (χ2n) is 5.55. The molecular weight excluding hydrogens is 406 g/mol. The Bertz CT molecular complexity index is 892. The average Bonchev–Trinajstić information content (AvgIpc) is 2.70. The smallest absolute Gasteiger partial charge is 0.366 e. The van der Waals surface area contributed by atoms with Gasteiger partial charge in [-0.05, 0) is 47.3 Å². The molecule has 27 heavy (non-hydrogen) atoms. The summed E-state index contributed by atoms with van der Waals surface area (Å²) < 4.78 is 3.00. The number of carbonyl (C=O) groups is 2. The summed E-state index contributed by atoms with van der Waals surface area (Å²) in [7, 11) is 2.84. The number of aromatic carboxylic acids is 1. The van der Waals surface area contributed by atoms with E-state index >= 15 is 0 Å². The lowest BCUT2D eigenvalue weighted by Gasteiger charge is -2.12. The van der Waals surface area contributed by atoms with E-state index in [-0.39, 0.29) is 5.56 Å². The highest BCUT2D eigenvalue weighted by molar-refractivity contribution is 8.76. The fourth-order valence-electron chi connectivity index (χ4n) is 2.45. The number of anilines is 2. The summed E-state index contributed by atoms with van der Waals surface area (Å²) in [4.78, 5) is 29.3. The molecule has 7 nitrogen and oxygen atoms in total. The molecule has 0 aromatic heterocycles. The summed E-state index contributed by atoms with van der Waals surface area (Å²) in [5.41, 5.74) is 2.32. The van der Waals surface area contributed by atoms with Crippen LogP contribution in [0, 0.1) is 0 Å². The van der Waals surface area contributed by atoms with Gasteiger partial charge in [0.25, 0.3) is 0 Å². The van der Waals surface area contributed by atoms with E-state index in [9.17, 15) is 14.7 Å². The number of fused-ring (bicyclic) bond motifs is 2. The molecule has 0 amide bonds. The third-order valence-corrected chi connectivity index (χ3v) is 6.29. The Morgan fingerprint density at radius 1 is 1.00 bits per heavy atom. The minimum Gasteiger partial charge on any atom is -0.478 e. The van der Waals surface area contributed by atoms with E-state index in [2.05, 4.69) is 32.4 Å². The Morgan fingerprint density at radius 2 is 1.56 bits per heavy atom. The van der Waals surface area contributed by atoms with Crippen molar-refractivity contribution in [1.82, 2.24) is 0 Å². The lowest BCUT2D eigenvalue weighted by atomic mass is 10.2. The fraction of sp³-hybridized carbons (Fsp3) is 0.176. The molecule has 0 aliphatic carbocycles. The third-order valence-electron chi connectivity index (χ3n) is 3.77. The van der Waals surface area contributed by atoms with E-state index in [1.54, 1.807) is 30.3 Å². The Balaban J connectivity index is 1.93. The zero-order chi connectivity index (χ0) is 19.2. The summed E-state index contributed by atoms with van der Waals surface area (Å²) in [6, 6.07) is 10.2. The number of carbonyl (C=O) groups excluding carboxylic acids is 1. The van der Waals surface area contributed by atoms with Gasteiger partial charge in [0.2, 0.25) is 0 Å². The number of nitrogens with one attached hydrogen (secondary N) is 2. The van der Waals surface area contributed by atoms with Crippen molar-refractivity contribution in [2.45, 2.75) is 16.2 Å². The molecule has 0 unspecified atom stereocenters. The average molecular weight is 422 g/mol. The Morgan fingerprint density at radius 3 is 2.11 bits per heavy atom. The molecule has 3 rings (SSSR count). The van der Waals surface area contributed by atoms with Crippen molar-refractivity contribution in [3.05, 3.63) is 47.5 Å². The highest BCUT2D eigenvalue weighted by Gasteiger charge is 2.15. The van der Waals surface area contributed by atoms with Gasteiger partial charge >= 0.3 is 11.9 Å². The van der Waals surface area contributed by atoms with Gasteiger partial charge in [0.1, 0.15) is 0 Å². The normalized spacial score (nSPS) is 13.6. The molecule has 140 valence electrons. The molecule has 0 spiro atoms. The molecule has 3 N–H and O–H groups in total. The first-order chi connectivity index (χ1) is 13.1. The van der Waals surface area contributed by atoms with Crippen LogP contribution in [-0.2, 0) is 17.3 Å². The standard InChI is InChI=1S/C17H15N3O4S3/c21-16(22)10-2-4-12-14(8-10)26-27-15-9-11(17(23)24-20-25)3-5-13(15)19-7-1-6-18-12/h2-5,8-9,18-19H,1,6-7H2,(H,21,22). The number of rotatable bonds is 3. The Hall–Kier alpha value is -2.30. The molecule has 1 aliphatic rings. The van der Waals surface area contributed by atoms with Crippen molar-refractivity contribution >= 4 is 57.3 Å². The first-order valence-corrected chi connectivity index (χ1v) is 10.5. The van der Waals surface area contributed by atoms with Crippen molar-refractivity contribution < 1.29 is 19.5 Å². The van der Waals surface area contributed by atoms with Crippen LogP contribution >= 0.6 is 21.6 Å². The molecule has 0 fully saturated rings. The number of nitrogens with zero attached hydrogens (tertiary/aromatic N) is 1. The topological polar surface area (TPSA) is 100 Å². The molecular formula is C17H15N3O4S3. The number of carboxylic acid groups (broad SMARTS) is 1. The highest BCUT2D eigenvalue weighted by atomic mass is 33.1. The van der Waals surface area contributed by atoms with Gasteiger partial charge in [0, 0.05) is 34.3 Å². The van der Waals surface area contributed by atoms with Gasteiger partial charge in [-0.15, -0.1) is 0 Å². The van der Waals surface area contributed by atoms with E-state index in [0.29, 0.717) is 5.56 Å². The monoisotopic (exact) mass is 421 g/mol. The largest absolute Gasteiger partial charge is 0.478 e. The van der Waals surface area contributed by atoms with Crippen LogP contribution in [0.5, 0.6) is 0 Å². The number of hydrogen-bond acceptors (Lipinski definition) is 9. The predicted octanol–water partition coefficient (Wildman–Crippen LogP) is 4.21. The number of carboxylic acids is 1. The molecule has 0 saturated carbocycles. The Labute approximate surface area is 168 Å². The van der Waals surface area contributed by atoms with Crippen LogP contribution in [0.25, 0.3) is 0 Å². The van der Waals surface area contributed by atoms with Gasteiger partial charge < -0.3 is 20.6 Å². The van der Waals surface area contributed by atoms with Crippen molar-refractivity contribution in [3.63, 3.8) is 0 Å². The van der Waals surface area contributed by atoms with E-state index in [1.165, 1.54) is 21.6 Å². The van der Waals surface area contributed by atoms with Gasteiger partial charge in [-0.3, -0.25) is 0 Å². The summed E-state index contributed by atoms with van der Waals surface area (Å²) in [6.07, 6.45) is 0.869. The van der Waals surface area contributed by atoms with Crippen molar-refractivity contribution in [3.8, 4) is 0 Å². The Kier molecular flexibility index (Phi) is 6.54. The minimum absolute atomic E-state index is 0.223. The van der Waals surface area contributed by atoms with Crippen molar-refractivity contribution in [2.75, 3.05) is 23.7 Å². The maximum atomic E-state index is 11.9. The van der Waals surface area contributed by atoms with E-state index < -0.39 is 11.9 Å². The molecule has 1 heterocycles. The van der Waals surface area contributed by atoms with Crippen molar-refractivity contribution in [1.29, 1.82) is 0 Å². The second kappa shape index (κ2) is 9.07. The lowest BCUT2D eigenvalue weighted by Crippen LogP contribution is -2.10. The summed E-state index contributed by atoms with van der Waals surface area (Å²) in [6.45, 7) is 1.50. The van der Waals surface area contributed by atoms with Gasteiger partial charge in [0.05, 0.1) is 23.6 Å². The number of benzene rings is 2. The summed E-state index contributed by atoms with van der Waals surface area (Å²) >= 11 is 4.32. The van der Waals surface area contributed by atoms with E-state index in [1.807, 2.05) is 6.07 Å². The first kappa shape index (κ1) is 19.5. The van der Waals surface area contributed by atoms with Crippen LogP contribution in [0.4, 0.5) is 11.4 Å². The van der Waals surface area contributed by atoms with Crippen LogP contribution in [0.15, 0.2) is 50.7 Å². The van der Waals surface area contributed by atoms with Gasteiger partial charge in [-0.2, -0.15) is 0 Å². The molecule has 2 aromatic rings. The van der Waals surface area contributed by atoms with Crippen molar-refractivity contribution in [2.24, 2.45) is 4.53 Å². The molecule has 0 saturated heterocycles. The summed E-state index contributed by atoms with van der Waals surface area (Å²) in [5.74, 6) is -1.60. The molecule has 10 heteroatoms. The van der Waals surface area contributed by atoms with E-state index in [4.69, 9.17) is 0 Å². The van der Waals surface area contributed by atoms with Crippen LogP contribution in [0.2, 0.25) is 0 Å². The van der Waals surface area contributed by atoms with Gasteiger partial charge in [0.15, 0.2) is 0 Å². The van der Waals surface area contributed by atoms with Crippen LogP contribution in [-0.4, -0.2) is 30.1 Å². The van der Waals surface area contributed by atoms with Crippen LogP contribution < -0.4 is 10.6 Å². The lowest BCUT2D eigenvalue weighted by molar-refractivity contribution is 0.0528. The third kappa shape index (κ3) is 4.90. The quantitative estimate of drug-likeness (QED) is 0.497. The molecule has 0 bridgehead atoms. The SMILES string of the molecule is O=C(O)c1ccc2c(c1)SSc1cc(C(=O)ON=S)ccc1NCCCN2. The minimum atomic E-state index is -0.975. The second-order valence-corrected chi connectivity index (χ2v) is 7.92. The zero-order valence-corrected chi connectivity index (χ0v) is 16.4. The van der Waals surface area contributed by atoms with Gasteiger partial charge in [-0.25, -0.2) is 9.59 Å². The van der Waals surface area contributed by atoms with E-state index in [0.717, 1.165) is 40.7 Å².